The van der Waals surface area contributed by atoms with Crippen molar-refractivity contribution in [2.24, 2.45) is 4.99 Å². The van der Waals surface area contributed by atoms with Crippen LogP contribution in [0.5, 0.6) is 17.2 Å². The lowest BCUT2D eigenvalue weighted by Crippen LogP contribution is -2.50. The van der Waals surface area contributed by atoms with Crippen LogP contribution in [0.2, 0.25) is 0 Å². The van der Waals surface area contributed by atoms with Gasteiger partial charge in [-0.25, -0.2) is 4.99 Å². The van der Waals surface area contributed by atoms with Gasteiger partial charge in [0.25, 0.3) is 6.02 Å². The summed E-state index contributed by atoms with van der Waals surface area (Å²) < 4.78 is 28.8. The molecule has 1 aromatic heterocycles. The molecule has 0 bridgehead atoms. The number of hydrogen-bond donors (Lipinski definition) is 0. The number of fused-ring (bicyclic) bond motifs is 2. The zero-order chi connectivity index (χ0) is 17.6. The molecule has 4 rings (SSSR count). The number of morpholine rings is 1. The van der Waals surface area contributed by atoms with Gasteiger partial charge >= 0.3 is 0 Å². The van der Waals surface area contributed by atoms with Crippen LogP contribution >= 0.6 is 0 Å². The second kappa shape index (κ2) is 6.15. The van der Waals surface area contributed by atoms with E-state index in [1.807, 2.05) is 6.07 Å². The van der Waals surface area contributed by atoms with Crippen molar-refractivity contribution >= 4 is 17.0 Å². The number of rotatable bonds is 2. The monoisotopic (exact) mass is 346 g/mol. The maximum Gasteiger partial charge on any atom is 0.293 e. The average molecular weight is 346 g/mol. The fraction of sp³-hybridized carbons (Fsp3) is 0.500. The van der Waals surface area contributed by atoms with Gasteiger partial charge in [-0.1, -0.05) is 0 Å². The minimum atomic E-state index is 0.125. The Balaban J connectivity index is 1.76. The third-order valence-corrected chi connectivity index (χ3v) is 4.53. The molecule has 2 aliphatic heterocycles. The van der Waals surface area contributed by atoms with Crippen LogP contribution in [-0.4, -0.2) is 50.4 Å². The maximum absolute atomic E-state index is 6.17. The topological polar surface area (TPSA) is 65.7 Å². The van der Waals surface area contributed by atoms with E-state index in [9.17, 15) is 0 Å². The maximum atomic E-state index is 6.17. The Bertz CT molecular complexity index is 818. The van der Waals surface area contributed by atoms with Crippen molar-refractivity contribution in [1.82, 2.24) is 4.90 Å². The van der Waals surface area contributed by atoms with Gasteiger partial charge in [0, 0.05) is 13.1 Å². The first-order valence-corrected chi connectivity index (χ1v) is 8.39. The molecule has 1 saturated heterocycles. The third-order valence-electron chi connectivity index (χ3n) is 4.53. The van der Waals surface area contributed by atoms with Crippen molar-refractivity contribution < 1.29 is 23.4 Å². The van der Waals surface area contributed by atoms with Crippen LogP contribution in [-0.2, 0) is 11.3 Å². The number of amidine groups is 1. The number of nitrogens with zero attached hydrogens (tertiary/aromatic N) is 2. The Kier molecular flexibility index (Phi) is 3.95. The zero-order valence-electron chi connectivity index (χ0n) is 14.9. The Morgan fingerprint density at radius 3 is 2.52 bits per heavy atom. The van der Waals surface area contributed by atoms with E-state index in [-0.39, 0.29) is 12.2 Å². The van der Waals surface area contributed by atoms with Gasteiger partial charge in [0.15, 0.2) is 11.3 Å². The predicted molar refractivity (Wildman–Crippen MR) is 92.7 cm³/mol. The molecule has 0 radical (unpaired) electrons. The lowest BCUT2D eigenvalue weighted by Gasteiger charge is -2.37. The van der Waals surface area contributed by atoms with E-state index in [0.717, 1.165) is 24.0 Å². The summed E-state index contributed by atoms with van der Waals surface area (Å²) in [6, 6.07) is 2.45. The highest BCUT2D eigenvalue weighted by Gasteiger charge is 2.32. The molecule has 25 heavy (non-hydrogen) atoms. The summed E-state index contributed by atoms with van der Waals surface area (Å²) in [7, 11) is 3.25. The van der Waals surface area contributed by atoms with Crippen LogP contribution in [0.25, 0.3) is 11.0 Å². The van der Waals surface area contributed by atoms with Crippen molar-refractivity contribution in [3.63, 3.8) is 0 Å². The minimum Gasteiger partial charge on any atom is -0.495 e. The van der Waals surface area contributed by atoms with E-state index in [0.29, 0.717) is 35.4 Å². The summed E-state index contributed by atoms with van der Waals surface area (Å²) in [6.07, 6.45) is 1.87. The van der Waals surface area contributed by atoms with Gasteiger partial charge in [-0.3, -0.25) is 0 Å². The number of hydrogen-bond acceptors (Lipinski definition) is 7. The van der Waals surface area contributed by atoms with Crippen LogP contribution in [0.4, 0.5) is 0 Å². The first-order chi connectivity index (χ1) is 12.1. The lowest BCUT2D eigenvalue weighted by atomic mass is 10.1. The van der Waals surface area contributed by atoms with Gasteiger partial charge < -0.3 is 28.3 Å². The molecule has 0 N–H and O–H groups in total. The molecule has 2 unspecified atom stereocenters. The SMILES string of the molecule is COc1c2c(c(OC)c3occc13)OC(N1CC(C)OC(C)C1)=NC2. The highest BCUT2D eigenvalue weighted by Crippen LogP contribution is 2.48. The summed E-state index contributed by atoms with van der Waals surface area (Å²) in [6.45, 7) is 6.04. The lowest BCUT2D eigenvalue weighted by molar-refractivity contribution is -0.0519. The third kappa shape index (κ3) is 2.59. The molecule has 7 nitrogen and oxygen atoms in total. The minimum absolute atomic E-state index is 0.125. The number of methoxy groups -OCH3 is 2. The molecule has 0 amide bonds. The van der Waals surface area contributed by atoms with Crippen LogP contribution in [0, 0.1) is 0 Å². The van der Waals surface area contributed by atoms with E-state index in [2.05, 4.69) is 23.7 Å². The average Bonchev–Trinajstić information content (AvgIpc) is 3.07. The molecular formula is C18H22N2O5. The standard InChI is InChI=1S/C18H22N2O5/c1-10-8-20(9-11(2)24-10)18-19-7-13-14(21-3)12-5-6-23-15(12)17(22-4)16(13)25-18/h5-6,10-11H,7-9H2,1-4H3. The van der Waals surface area contributed by atoms with E-state index < -0.39 is 0 Å². The first-order valence-electron chi connectivity index (χ1n) is 8.39. The van der Waals surface area contributed by atoms with E-state index >= 15 is 0 Å². The molecule has 3 heterocycles. The summed E-state index contributed by atoms with van der Waals surface area (Å²) in [5, 5.41) is 0.856. The molecule has 2 aliphatic rings. The molecule has 0 spiro atoms. The van der Waals surface area contributed by atoms with Gasteiger partial charge in [0.1, 0.15) is 5.75 Å². The Labute approximate surface area is 146 Å². The highest BCUT2D eigenvalue weighted by atomic mass is 16.5. The van der Waals surface area contributed by atoms with Crippen LogP contribution < -0.4 is 14.2 Å². The van der Waals surface area contributed by atoms with Gasteiger partial charge in [0.2, 0.25) is 5.75 Å². The number of ether oxygens (including phenoxy) is 4. The van der Waals surface area contributed by atoms with Gasteiger partial charge in [0.05, 0.1) is 50.2 Å². The number of aliphatic imine (C=N–C) groups is 1. The number of benzene rings is 1. The molecule has 2 aromatic rings. The van der Waals surface area contributed by atoms with Gasteiger partial charge in [-0.15, -0.1) is 0 Å². The molecule has 0 saturated carbocycles. The van der Waals surface area contributed by atoms with E-state index in [1.165, 1.54) is 0 Å². The quantitative estimate of drug-likeness (QED) is 0.833. The molecule has 134 valence electrons. The molecule has 0 aliphatic carbocycles. The second-order valence-electron chi connectivity index (χ2n) is 6.40. The normalized spacial score (nSPS) is 23.0. The molecular weight excluding hydrogens is 324 g/mol. The largest absolute Gasteiger partial charge is 0.495 e. The Morgan fingerprint density at radius 1 is 1.12 bits per heavy atom. The van der Waals surface area contributed by atoms with Crippen LogP contribution in [0.15, 0.2) is 21.7 Å². The first kappa shape index (κ1) is 16.1. The fourth-order valence-corrected chi connectivity index (χ4v) is 3.61. The van der Waals surface area contributed by atoms with E-state index in [1.54, 1.807) is 20.5 Å². The molecule has 2 atom stereocenters. The summed E-state index contributed by atoms with van der Waals surface area (Å²) in [4.78, 5) is 6.75. The van der Waals surface area contributed by atoms with Crippen molar-refractivity contribution in [3.8, 4) is 17.2 Å². The molecule has 1 aromatic carbocycles. The van der Waals surface area contributed by atoms with E-state index in [4.69, 9.17) is 23.4 Å². The van der Waals surface area contributed by atoms with Crippen molar-refractivity contribution in [3.05, 3.63) is 17.9 Å². The van der Waals surface area contributed by atoms with Crippen molar-refractivity contribution in [1.29, 1.82) is 0 Å². The summed E-state index contributed by atoms with van der Waals surface area (Å²) in [5.74, 6) is 1.89. The Morgan fingerprint density at radius 2 is 1.84 bits per heavy atom. The van der Waals surface area contributed by atoms with Crippen molar-refractivity contribution in [2.45, 2.75) is 32.6 Å². The molecule has 1 fully saturated rings. The molecule has 7 heteroatoms. The van der Waals surface area contributed by atoms with Gasteiger partial charge in [-0.2, -0.15) is 0 Å². The number of furan rings is 1. The predicted octanol–water partition coefficient (Wildman–Crippen LogP) is 2.81. The van der Waals surface area contributed by atoms with Crippen LogP contribution in [0.1, 0.15) is 19.4 Å². The summed E-state index contributed by atoms with van der Waals surface area (Å²) >= 11 is 0. The second-order valence-corrected chi connectivity index (χ2v) is 6.40. The van der Waals surface area contributed by atoms with Crippen LogP contribution in [0.3, 0.4) is 0 Å². The van der Waals surface area contributed by atoms with Gasteiger partial charge in [-0.05, 0) is 19.9 Å². The highest BCUT2D eigenvalue weighted by molar-refractivity contribution is 5.95. The smallest absolute Gasteiger partial charge is 0.293 e. The van der Waals surface area contributed by atoms with Crippen molar-refractivity contribution in [2.75, 3.05) is 27.3 Å². The summed E-state index contributed by atoms with van der Waals surface area (Å²) in [5.41, 5.74) is 1.48. The Hall–Kier alpha value is -2.41. The zero-order valence-corrected chi connectivity index (χ0v) is 14.9. The fourth-order valence-electron chi connectivity index (χ4n) is 3.61.